The number of piperazine rings is 1. The van der Waals surface area contributed by atoms with Gasteiger partial charge in [0.15, 0.2) is 5.78 Å². The van der Waals surface area contributed by atoms with Crippen molar-refractivity contribution in [2.24, 2.45) is 0 Å². The van der Waals surface area contributed by atoms with Gasteiger partial charge in [0, 0.05) is 67.5 Å². The molecule has 1 saturated heterocycles. The van der Waals surface area contributed by atoms with E-state index < -0.39 is 5.82 Å². The van der Waals surface area contributed by atoms with Crippen molar-refractivity contribution in [1.82, 2.24) is 9.47 Å². The zero-order chi connectivity index (χ0) is 23.5. The van der Waals surface area contributed by atoms with Crippen LogP contribution in [0.2, 0.25) is 0 Å². The van der Waals surface area contributed by atoms with Crippen LogP contribution < -0.4 is 4.90 Å². The number of anilines is 1. The van der Waals surface area contributed by atoms with Crippen LogP contribution in [-0.4, -0.2) is 53.9 Å². The molecule has 0 bridgehead atoms. The van der Waals surface area contributed by atoms with Crippen molar-refractivity contribution in [3.05, 3.63) is 102 Å². The van der Waals surface area contributed by atoms with Gasteiger partial charge in [0.25, 0.3) is 5.91 Å². The predicted octanol–water partition coefficient (Wildman–Crippen LogP) is 4.86. The highest BCUT2D eigenvalue weighted by molar-refractivity contribution is 6.12. The highest BCUT2D eigenvalue weighted by atomic mass is 19.1. The molecule has 0 unspecified atom stereocenters. The molecule has 4 aromatic rings. The van der Waals surface area contributed by atoms with Gasteiger partial charge >= 0.3 is 0 Å². The van der Waals surface area contributed by atoms with Crippen LogP contribution in [0.1, 0.15) is 27.1 Å². The summed E-state index contributed by atoms with van der Waals surface area (Å²) in [6.07, 6.45) is 2.02. The predicted molar refractivity (Wildman–Crippen MR) is 132 cm³/mol. The van der Waals surface area contributed by atoms with Gasteiger partial charge in [-0.3, -0.25) is 19.1 Å². The highest BCUT2D eigenvalue weighted by Gasteiger charge is 2.21. The largest absolute Gasteiger partial charge is 0.369 e. The SMILES string of the molecule is O=C(CCN1CCN(c2ccccc2)CC1)c1cn(C(=O)c2ccc(F)cc2)c2ccccc12. The monoisotopic (exact) mass is 455 g/mol. The highest BCUT2D eigenvalue weighted by Crippen LogP contribution is 2.24. The molecule has 34 heavy (non-hydrogen) atoms. The third-order valence-corrected chi connectivity index (χ3v) is 6.47. The summed E-state index contributed by atoms with van der Waals surface area (Å²) >= 11 is 0. The first-order chi connectivity index (χ1) is 16.6. The second kappa shape index (κ2) is 9.61. The maximum absolute atomic E-state index is 13.3. The van der Waals surface area contributed by atoms with E-state index in [2.05, 4.69) is 34.1 Å². The van der Waals surface area contributed by atoms with E-state index in [1.54, 1.807) is 6.20 Å². The normalized spacial score (nSPS) is 14.4. The fraction of sp³-hybridized carbons (Fsp3) is 0.214. The molecule has 3 aromatic carbocycles. The number of hydrogen-bond donors (Lipinski definition) is 0. The Kier molecular flexibility index (Phi) is 6.23. The van der Waals surface area contributed by atoms with E-state index in [1.807, 2.05) is 30.3 Å². The van der Waals surface area contributed by atoms with Gasteiger partial charge in [-0.05, 0) is 42.5 Å². The molecular weight excluding hydrogens is 429 g/mol. The van der Waals surface area contributed by atoms with E-state index in [-0.39, 0.29) is 11.7 Å². The minimum Gasteiger partial charge on any atom is -0.369 e. The maximum atomic E-state index is 13.3. The lowest BCUT2D eigenvalue weighted by atomic mass is 10.1. The van der Waals surface area contributed by atoms with Gasteiger partial charge in [0.2, 0.25) is 0 Å². The van der Waals surface area contributed by atoms with Gasteiger partial charge in [-0.2, -0.15) is 0 Å². The van der Waals surface area contributed by atoms with E-state index in [1.165, 1.54) is 34.5 Å². The van der Waals surface area contributed by atoms with Crippen LogP contribution >= 0.6 is 0 Å². The number of carbonyl (C=O) groups is 2. The molecule has 5 rings (SSSR count). The zero-order valence-electron chi connectivity index (χ0n) is 18.9. The molecule has 0 amide bonds. The molecule has 0 aliphatic carbocycles. The summed E-state index contributed by atoms with van der Waals surface area (Å²) in [5, 5.41) is 0.761. The van der Waals surface area contributed by atoms with Crippen molar-refractivity contribution in [3.63, 3.8) is 0 Å². The van der Waals surface area contributed by atoms with Gasteiger partial charge in [-0.1, -0.05) is 36.4 Å². The molecule has 0 N–H and O–H groups in total. The first kappa shape index (κ1) is 22.0. The van der Waals surface area contributed by atoms with Crippen LogP contribution in [0.4, 0.5) is 10.1 Å². The van der Waals surface area contributed by atoms with E-state index in [0.717, 1.165) is 31.6 Å². The van der Waals surface area contributed by atoms with Crippen molar-refractivity contribution in [1.29, 1.82) is 0 Å². The van der Waals surface area contributed by atoms with Crippen molar-refractivity contribution < 1.29 is 14.0 Å². The van der Waals surface area contributed by atoms with Gasteiger partial charge in [-0.15, -0.1) is 0 Å². The molecule has 6 heteroatoms. The molecule has 1 aromatic heterocycles. The maximum Gasteiger partial charge on any atom is 0.262 e. The topological polar surface area (TPSA) is 45.6 Å². The Morgan fingerprint density at radius 1 is 0.794 bits per heavy atom. The van der Waals surface area contributed by atoms with Crippen LogP contribution in [0.5, 0.6) is 0 Å². The minimum absolute atomic E-state index is 0.0207. The number of hydrogen-bond acceptors (Lipinski definition) is 4. The van der Waals surface area contributed by atoms with Crippen molar-refractivity contribution in [2.45, 2.75) is 6.42 Å². The van der Waals surface area contributed by atoms with Crippen molar-refractivity contribution >= 4 is 28.3 Å². The first-order valence-electron chi connectivity index (χ1n) is 11.6. The summed E-state index contributed by atoms with van der Waals surface area (Å²) in [5.41, 5.74) is 2.83. The number of benzene rings is 3. The van der Waals surface area contributed by atoms with Crippen LogP contribution in [-0.2, 0) is 0 Å². The van der Waals surface area contributed by atoms with E-state index >= 15 is 0 Å². The third kappa shape index (κ3) is 4.50. The Morgan fingerprint density at radius 3 is 2.21 bits per heavy atom. The molecule has 0 radical (unpaired) electrons. The lowest BCUT2D eigenvalue weighted by Crippen LogP contribution is -2.46. The Morgan fingerprint density at radius 2 is 1.47 bits per heavy atom. The molecule has 1 aliphatic heterocycles. The molecular formula is C28H26FN3O2. The summed E-state index contributed by atoms with van der Waals surface area (Å²) in [6, 6.07) is 23.3. The second-order valence-electron chi connectivity index (χ2n) is 8.58. The Balaban J connectivity index is 1.28. The number of para-hydroxylation sites is 2. The standard InChI is InChI=1S/C28H26FN3O2/c29-22-12-10-21(11-13-22)28(34)32-20-25(24-8-4-5-9-26(24)32)27(33)14-15-30-16-18-31(19-17-30)23-6-2-1-3-7-23/h1-13,20H,14-19H2. The molecule has 0 saturated carbocycles. The second-order valence-corrected chi connectivity index (χ2v) is 8.58. The average molecular weight is 456 g/mol. The smallest absolute Gasteiger partial charge is 0.262 e. The van der Waals surface area contributed by atoms with Crippen LogP contribution in [0.3, 0.4) is 0 Å². The number of fused-ring (bicyclic) bond motifs is 1. The summed E-state index contributed by atoms with van der Waals surface area (Å²) in [6.45, 7) is 4.38. The van der Waals surface area contributed by atoms with Gasteiger partial charge in [0.05, 0.1) is 5.52 Å². The summed E-state index contributed by atoms with van der Waals surface area (Å²) < 4.78 is 14.8. The lowest BCUT2D eigenvalue weighted by molar-refractivity contribution is 0.0963. The Labute approximate surface area is 198 Å². The average Bonchev–Trinajstić information content (AvgIpc) is 3.28. The summed E-state index contributed by atoms with van der Waals surface area (Å²) in [7, 11) is 0. The third-order valence-electron chi connectivity index (χ3n) is 6.47. The fourth-order valence-corrected chi connectivity index (χ4v) is 4.56. The first-order valence-corrected chi connectivity index (χ1v) is 11.6. The van der Waals surface area contributed by atoms with Crippen molar-refractivity contribution in [3.8, 4) is 0 Å². The fourth-order valence-electron chi connectivity index (χ4n) is 4.56. The Bertz CT molecular complexity index is 1310. The number of carbonyl (C=O) groups excluding carboxylic acids is 2. The van der Waals surface area contributed by atoms with Gasteiger partial charge in [-0.25, -0.2) is 4.39 Å². The number of halogens is 1. The van der Waals surface area contributed by atoms with E-state index in [0.29, 0.717) is 29.6 Å². The number of rotatable bonds is 6. The van der Waals surface area contributed by atoms with Gasteiger partial charge in [0.1, 0.15) is 5.82 Å². The quantitative estimate of drug-likeness (QED) is 0.390. The Hall–Kier alpha value is -3.77. The van der Waals surface area contributed by atoms with Crippen LogP contribution in [0.25, 0.3) is 10.9 Å². The number of aromatic nitrogens is 1. The molecule has 0 atom stereocenters. The summed E-state index contributed by atoms with van der Waals surface area (Å²) in [4.78, 5) is 31.0. The number of Topliss-reactive ketones (excluding diaryl/α,β-unsaturated/α-hetero) is 1. The molecule has 1 aliphatic rings. The number of nitrogens with zero attached hydrogens (tertiary/aromatic N) is 3. The van der Waals surface area contributed by atoms with Crippen LogP contribution in [0, 0.1) is 5.82 Å². The zero-order valence-corrected chi connectivity index (χ0v) is 18.9. The van der Waals surface area contributed by atoms with E-state index in [4.69, 9.17) is 0 Å². The van der Waals surface area contributed by atoms with Gasteiger partial charge < -0.3 is 4.90 Å². The van der Waals surface area contributed by atoms with Crippen molar-refractivity contribution in [2.75, 3.05) is 37.6 Å². The summed E-state index contributed by atoms with van der Waals surface area (Å²) in [5.74, 6) is -0.658. The molecule has 172 valence electrons. The molecule has 5 nitrogen and oxygen atoms in total. The lowest BCUT2D eigenvalue weighted by Gasteiger charge is -2.36. The molecule has 1 fully saturated rings. The minimum atomic E-state index is -0.394. The number of ketones is 1. The van der Waals surface area contributed by atoms with Crippen LogP contribution in [0.15, 0.2) is 85.1 Å². The molecule has 2 heterocycles. The van der Waals surface area contributed by atoms with E-state index in [9.17, 15) is 14.0 Å². The molecule has 0 spiro atoms.